The zero-order chi connectivity index (χ0) is 15.7. The number of fused-ring (bicyclic) bond motifs is 1. The first-order valence-corrected chi connectivity index (χ1v) is 8.62. The number of nitrogens with one attached hydrogen (secondary N) is 1. The minimum atomic E-state index is 0.323. The van der Waals surface area contributed by atoms with Crippen molar-refractivity contribution in [1.82, 2.24) is 10.2 Å². The van der Waals surface area contributed by atoms with Crippen LogP contribution in [0.25, 0.3) is 0 Å². The molecule has 0 atom stereocenters. The van der Waals surface area contributed by atoms with Crippen molar-refractivity contribution in [1.29, 1.82) is 0 Å². The summed E-state index contributed by atoms with van der Waals surface area (Å²) in [7, 11) is 1.88. The standard InChI is InChI=1S/C18H25N3O2/c1-19-17(21-9-8-18(12-21)6-2-3-7-18)20-11-14-4-5-15-16(10-14)23-13-22-15/h4-5,10H,2-3,6-9,11-13H2,1H3,(H,19,20). The van der Waals surface area contributed by atoms with Crippen LogP contribution in [0.4, 0.5) is 0 Å². The number of aliphatic imine (C=N–C) groups is 1. The molecule has 0 bridgehead atoms. The SMILES string of the molecule is CN=C(NCc1ccc2c(c1)OCO2)N1CCC2(CCCC2)C1. The Hall–Kier alpha value is -1.91. The van der Waals surface area contributed by atoms with Crippen LogP contribution in [0, 0.1) is 5.41 Å². The van der Waals surface area contributed by atoms with Gasteiger partial charge in [-0.1, -0.05) is 18.9 Å². The Labute approximate surface area is 137 Å². The molecule has 1 aromatic rings. The summed E-state index contributed by atoms with van der Waals surface area (Å²) in [6, 6.07) is 6.10. The lowest BCUT2D eigenvalue weighted by Gasteiger charge is -2.26. The van der Waals surface area contributed by atoms with Gasteiger partial charge >= 0.3 is 0 Å². The lowest BCUT2D eigenvalue weighted by molar-refractivity contribution is 0.174. The van der Waals surface area contributed by atoms with Crippen molar-refractivity contribution in [3.05, 3.63) is 23.8 Å². The van der Waals surface area contributed by atoms with Crippen molar-refractivity contribution in [3.8, 4) is 11.5 Å². The molecule has 2 fully saturated rings. The molecule has 5 heteroatoms. The highest BCUT2D eigenvalue weighted by atomic mass is 16.7. The van der Waals surface area contributed by atoms with Crippen molar-refractivity contribution in [2.24, 2.45) is 10.4 Å². The molecule has 124 valence electrons. The second kappa shape index (κ2) is 5.95. The highest BCUT2D eigenvalue weighted by molar-refractivity contribution is 5.80. The van der Waals surface area contributed by atoms with E-state index in [1.54, 1.807) is 0 Å². The first-order valence-electron chi connectivity index (χ1n) is 8.62. The van der Waals surface area contributed by atoms with Crippen LogP contribution in [0.2, 0.25) is 0 Å². The van der Waals surface area contributed by atoms with E-state index in [-0.39, 0.29) is 0 Å². The minimum Gasteiger partial charge on any atom is -0.454 e. The highest BCUT2D eigenvalue weighted by Gasteiger charge is 2.41. The fourth-order valence-corrected chi connectivity index (χ4v) is 4.21. The van der Waals surface area contributed by atoms with E-state index in [9.17, 15) is 0 Å². The van der Waals surface area contributed by atoms with Gasteiger partial charge in [0.1, 0.15) is 0 Å². The number of hydrogen-bond donors (Lipinski definition) is 1. The van der Waals surface area contributed by atoms with E-state index in [2.05, 4.69) is 21.3 Å². The molecule has 0 aromatic heterocycles. The molecular weight excluding hydrogens is 290 g/mol. The first kappa shape index (κ1) is 14.7. The van der Waals surface area contributed by atoms with Gasteiger partial charge in [-0.2, -0.15) is 0 Å². The predicted octanol–water partition coefficient (Wildman–Crippen LogP) is 2.76. The van der Waals surface area contributed by atoms with E-state index in [0.717, 1.165) is 37.1 Å². The molecule has 3 aliphatic rings. The molecule has 1 spiro atoms. The summed E-state index contributed by atoms with van der Waals surface area (Å²) in [6.45, 7) is 3.37. The highest BCUT2D eigenvalue weighted by Crippen LogP contribution is 2.45. The zero-order valence-electron chi connectivity index (χ0n) is 13.8. The fourth-order valence-electron chi connectivity index (χ4n) is 4.21. The number of guanidine groups is 1. The zero-order valence-corrected chi connectivity index (χ0v) is 13.8. The number of hydrogen-bond acceptors (Lipinski definition) is 3. The first-order chi connectivity index (χ1) is 11.3. The van der Waals surface area contributed by atoms with Crippen LogP contribution in [0.5, 0.6) is 11.5 Å². The van der Waals surface area contributed by atoms with Gasteiger partial charge < -0.3 is 19.7 Å². The minimum absolute atomic E-state index is 0.323. The molecule has 1 N–H and O–H groups in total. The second-order valence-electron chi connectivity index (χ2n) is 6.97. The summed E-state index contributed by atoms with van der Waals surface area (Å²) < 4.78 is 10.8. The van der Waals surface area contributed by atoms with Gasteiger partial charge in [-0.05, 0) is 42.4 Å². The van der Waals surface area contributed by atoms with Crippen LogP contribution in [0.1, 0.15) is 37.7 Å². The number of rotatable bonds is 2. The molecule has 2 aliphatic heterocycles. The monoisotopic (exact) mass is 315 g/mol. The maximum atomic E-state index is 5.44. The topological polar surface area (TPSA) is 46.1 Å². The second-order valence-corrected chi connectivity index (χ2v) is 6.97. The molecule has 23 heavy (non-hydrogen) atoms. The van der Waals surface area contributed by atoms with E-state index >= 15 is 0 Å². The van der Waals surface area contributed by atoms with Crippen molar-refractivity contribution < 1.29 is 9.47 Å². The quantitative estimate of drug-likeness (QED) is 0.673. The summed E-state index contributed by atoms with van der Waals surface area (Å²) >= 11 is 0. The van der Waals surface area contributed by atoms with Gasteiger partial charge in [0.2, 0.25) is 6.79 Å². The molecule has 4 rings (SSSR count). The summed E-state index contributed by atoms with van der Waals surface area (Å²) in [5, 5.41) is 3.50. The van der Waals surface area contributed by atoms with E-state index in [0.29, 0.717) is 12.2 Å². The molecular formula is C18H25N3O2. The van der Waals surface area contributed by atoms with Crippen LogP contribution < -0.4 is 14.8 Å². The van der Waals surface area contributed by atoms with Crippen molar-refractivity contribution in [2.45, 2.75) is 38.6 Å². The molecule has 1 saturated heterocycles. The third-order valence-corrected chi connectivity index (χ3v) is 5.50. The van der Waals surface area contributed by atoms with Gasteiger partial charge in [-0.15, -0.1) is 0 Å². The van der Waals surface area contributed by atoms with Gasteiger partial charge in [0.15, 0.2) is 17.5 Å². The molecule has 2 heterocycles. The van der Waals surface area contributed by atoms with Crippen molar-refractivity contribution in [2.75, 3.05) is 26.9 Å². The van der Waals surface area contributed by atoms with E-state index in [1.165, 1.54) is 37.7 Å². The molecule has 0 radical (unpaired) electrons. The third kappa shape index (κ3) is 2.84. The summed E-state index contributed by atoms with van der Waals surface area (Å²) in [6.07, 6.45) is 6.90. The number of nitrogens with zero attached hydrogens (tertiary/aromatic N) is 2. The van der Waals surface area contributed by atoms with Gasteiger partial charge in [0.25, 0.3) is 0 Å². The Morgan fingerprint density at radius 1 is 1.22 bits per heavy atom. The molecule has 0 unspecified atom stereocenters. The Kier molecular flexibility index (Phi) is 3.79. The Morgan fingerprint density at radius 3 is 2.87 bits per heavy atom. The lowest BCUT2D eigenvalue weighted by Crippen LogP contribution is -2.40. The van der Waals surface area contributed by atoms with Crippen molar-refractivity contribution >= 4 is 5.96 Å². The summed E-state index contributed by atoms with van der Waals surface area (Å²) in [5.74, 6) is 2.69. The van der Waals surface area contributed by atoms with Gasteiger partial charge in [-0.3, -0.25) is 4.99 Å². The largest absolute Gasteiger partial charge is 0.454 e. The predicted molar refractivity (Wildman–Crippen MR) is 89.9 cm³/mol. The average molecular weight is 315 g/mol. The molecule has 1 saturated carbocycles. The van der Waals surface area contributed by atoms with Gasteiger partial charge in [-0.25, -0.2) is 0 Å². The average Bonchev–Trinajstić information content (AvgIpc) is 3.30. The van der Waals surface area contributed by atoms with Crippen LogP contribution >= 0.6 is 0 Å². The Morgan fingerprint density at radius 2 is 2.04 bits per heavy atom. The fraction of sp³-hybridized carbons (Fsp3) is 0.611. The smallest absolute Gasteiger partial charge is 0.231 e. The Balaban J connectivity index is 1.37. The maximum absolute atomic E-state index is 5.44. The van der Waals surface area contributed by atoms with Crippen LogP contribution in [0.3, 0.4) is 0 Å². The van der Waals surface area contributed by atoms with E-state index in [1.807, 2.05) is 19.2 Å². The summed E-state index contributed by atoms with van der Waals surface area (Å²) in [5.41, 5.74) is 1.75. The molecule has 1 aliphatic carbocycles. The van der Waals surface area contributed by atoms with E-state index < -0.39 is 0 Å². The van der Waals surface area contributed by atoms with Gasteiger partial charge in [0, 0.05) is 26.7 Å². The normalized spacial score (nSPS) is 22.1. The van der Waals surface area contributed by atoms with Crippen LogP contribution in [-0.4, -0.2) is 37.8 Å². The number of likely N-dealkylation sites (tertiary alicyclic amines) is 1. The van der Waals surface area contributed by atoms with Crippen molar-refractivity contribution in [3.63, 3.8) is 0 Å². The molecule has 1 aromatic carbocycles. The van der Waals surface area contributed by atoms with E-state index in [4.69, 9.17) is 9.47 Å². The Bertz CT molecular complexity index is 608. The molecule has 5 nitrogen and oxygen atoms in total. The third-order valence-electron chi connectivity index (χ3n) is 5.50. The molecule has 0 amide bonds. The van der Waals surface area contributed by atoms with Gasteiger partial charge in [0.05, 0.1) is 0 Å². The van der Waals surface area contributed by atoms with Crippen LogP contribution in [-0.2, 0) is 6.54 Å². The summed E-state index contributed by atoms with van der Waals surface area (Å²) in [4.78, 5) is 6.92. The number of ether oxygens (including phenoxy) is 2. The maximum Gasteiger partial charge on any atom is 0.231 e. The number of benzene rings is 1. The lowest BCUT2D eigenvalue weighted by atomic mass is 9.86. The van der Waals surface area contributed by atoms with Crippen LogP contribution in [0.15, 0.2) is 23.2 Å².